The average molecular weight is 379 g/mol. The molecule has 1 fully saturated rings. The van der Waals surface area contributed by atoms with Gasteiger partial charge in [-0.25, -0.2) is 9.97 Å². The lowest BCUT2D eigenvalue weighted by molar-refractivity contribution is 0.195. The van der Waals surface area contributed by atoms with Crippen molar-refractivity contribution in [3.63, 3.8) is 0 Å². The molecule has 138 valence electrons. The number of aryl methyl sites for hydroxylation is 1. The first-order chi connectivity index (χ1) is 13.2. The molecule has 7 heteroatoms. The second-order valence-corrected chi connectivity index (χ2v) is 8.23. The highest BCUT2D eigenvalue weighted by Crippen LogP contribution is 2.27. The van der Waals surface area contributed by atoms with Crippen LogP contribution < -0.4 is 5.56 Å². The molecule has 0 radical (unpaired) electrons. The highest BCUT2D eigenvalue weighted by molar-refractivity contribution is 7.15. The lowest BCUT2D eigenvalue weighted by Crippen LogP contribution is -2.35. The fraction of sp³-hybridized carbons (Fsp3) is 0.350. The van der Waals surface area contributed by atoms with Crippen molar-refractivity contribution in [1.29, 1.82) is 0 Å². The van der Waals surface area contributed by atoms with Crippen LogP contribution in [0.5, 0.6) is 0 Å². The SMILES string of the molecule is Cc1ccc2nc(C3CCCN(Cc4cc(=O)n5ccsc5n4)C3)[nH]c2c1. The molecule has 4 heterocycles. The number of hydrogen-bond acceptors (Lipinski definition) is 5. The number of imidazole rings is 1. The number of piperidine rings is 1. The van der Waals surface area contributed by atoms with Gasteiger partial charge in [-0.05, 0) is 44.0 Å². The van der Waals surface area contributed by atoms with Crippen molar-refractivity contribution >= 4 is 27.3 Å². The van der Waals surface area contributed by atoms with Crippen LogP contribution in [0.4, 0.5) is 0 Å². The first-order valence-corrected chi connectivity index (χ1v) is 10.2. The summed E-state index contributed by atoms with van der Waals surface area (Å²) in [6, 6.07) is 8.00. The van der Waals surface area contributed by atoms with Gasteiger partial charge in [-0.15, -0.1) is 11.3 Å². The molecule has 0 amide bonds. The van der Waals surface area contributed by atoms with Crippen molar-refractivity contribution in [3.8, 4) is 0 Å². The molecule has 1 atom stereocenters. The van der Waals surface area contributed by atoms with Crippen LogP contribution in [0.3, 0.4) is 0 Å². The Labute approximate surface area is 160 Å². The smallest absolute Gasteiger partial charge is 0.258 e. The Morgan fingerprint density at radius 2 is 2.22 bits per heavy atom. The van der Waals surface area contributed by atoms with Gasteiger partial charge < -0.3 is 4.98 Å². The van der Waals surface area contributed by atoms with Gasteiger partial charge in [-0.1, -0.05) is 6.07 Å². The van der Waals surface area contributed by atoms with E-state index in [1.807, 2.05) is 5.38 Å². The van der Waals surface area contributed by atoms with Crippen molar-refractivity contribution < 1.29 is 0 Å². The van der Waals surface area contributed by atoms with Gasteiger partial charge in [0.2, 0.25) is 0 Å². The van der Waals surface area contributed by atoms with E-state index in [1.165, 1.54) is 16.9 Å². The van der Waals surface area contributed by atoms with Gasteiger partial charge in [0.15, 0.2) is 4.96 Å². The van der Waals surface area contributed by atoms with Crippen molar-refractivity contribution in [1.82, 2.24) is 24.3 Å². The lowest BCUT2D eigenvalue weighted by atomic mass is 9.97. The number of nitrogens with zero attached hydrogens (tertiary/aromatic N) is 4. The first kappa shape index (κ1) is 16.6. The molecule has 1 unspecified atom stereocenters. The van der Waals surface area contributed by atoms with E-state index in [0.717, 1.165) is 53.4 Å². The number of H-pyrrole nitrogens is 1. The number of aromatic nitrogens is 4. The zero-order valence-electron chi connectivity index (χ0n) is 15.2. The summed E-state index contributed by atoms with van der Waals surface area (Å²) in [6.45, 7) is 4.77. The van der Waals surface area contributed by atoms with E-state index in [1.54, 1.807) is 16.7 Å². The van der Waals surface area contributed by atoms with Crippen LogP contribution in [-0.4, -0.2) is 37.3 Å². The number of rotatable bonds is 3. The Morgan fingerprint density at radius 1 is 1.30 bits per heavy atom. The van der Waals surface area contributed by atoms with Crippen LogP contribution in [-0.2, 0) is 6.54 Å². The monoisotopic (exact) mass is 379 g/mol. The van der Waals surface area contributed by atoms with Gasteiger partial charge in [0, 0.05) is 36.7 Å². The zero-order chi connectivity index (χ0) is 18.4. The number of nitrogens with one attached hydrogen (secondary N) is 1. The fourth-order valence-electron chi connectivity index (χ4n) is 3.96. The predicted octanol–water partition coefficient (Wildman–Crippen LogP) is 3.32. The lowest BCUT2D eigenvalue weighted by Gasteiger charge is -2.31. The molecule has 0 saturated carbocycles. The number of aromatic amines is 1. The van der Waals surface area contributed by atoms with Gasteiger partial charge >= 0.3 is 0 Å². The van der Waals surface area contributed by atoms with Gasteiger partial charge in [-0.3, -0.25) is 14.1 Å². The summed E-state index contributed by atoms with van der Waals surface area (Å²) < 4.78 is 1.60. The molecular formula is C20H21N5OS. The maximum atomic E-state index is 12.2. The molecule has 1 saturated heterocycles. The highest BCUT2D eigenvalue weighted by Gasteiger charge is 2.24. The van der Waals surface area contributed by atoms with E-state index in [-0.39, 0.29) is 5.56 Å². The quantitative estimate of drug-likeness (QED) is 0.593. The Bertz CT molecular complexity index is 1170. The second kappa shape index (κ2) is 6.58. The van der Waals surface area contributed by atoms with Crippen LogP contribution in [0, 0.1) is 6.92 Å². The van der Waals surface area contributed by atoms with E-state index >= 15 is 0 Å². The Hall–Kier alpha value is -2.51. The molecule has 1 aliphatic rings. The summed E-state index contributed by atoms with van der Waals surface area (Å²) in [4.78, 5) is 28.3. The van der Waals surface area contributed by atoms with E-state index in [9.17, 15) is 4.79 Å². The standard InChI is InChI=1S/C20H21N5OS/c1-13-4-5-16-17(9-13)23-19(22-16)14-3-2-6-24(11-14)12-15-10-18(26)25-7-8-27-20(25)21-15/h4-5,7-10,14H,2-3,6,11-12H2,1H3,(H,22,23). The van der Waals surface area contributed by atoms with Gasteiger partial charge in [-0.2, -0.15) is 0 Å². The number of hydrogen-bond donors (Lipinski definition) is 1. The molecule has 0 spiro atoms. The normalized spacial score (nSPS) is 18.5. The van der Waals surface area contributed by atoms with Gasteiger partial charge in [0.25, 0.3) is 5.56 Å². The summed E-state index contributed by atoms with van der Waals surface area (Å²) in [5.41, 5.74) is 4.23. The number of fused-ring (bicyclic) bond motifs is 2. The van der Waals surface area contributed by atoms with Crippen molar-refractivity contribution in [2.45, 2.75) is 32.2 Å². The first-order valence-electron chi connectivity index (χ1n) is 9.30. The van der Waals surface area contributed by atoms with Gasteiger partial charge in [0.1, 0.15) is 5.82 Å². The summed E-state index contributed by atoms with van der Waals surface area (Å²) in [5, 5.41) is 1.90. The van der Waals surface area contributed by atoms with Crippen molar-refractivity contribution in [2.75, 3.05) is 13.1 Å². The minimum atomic E-state index is -0.00235. The fourth-order valence-corrected chi connectivity index (χ4v) is 4.70. The summed E-state index contributed by atoms with van der Waals surface area (Å²) in [5.74, 6) is 1.46. The van der Waals surface area contributed by atoms with Crippen molar-refractivity contribution in [3.05, 3.63) is 63.3 Å². The maximum Gasteiger partial charge on any atom is 0.258 e. The number of benzene rings is 1. The topological polar surface area (TPSA) is 66.3 Å². The molecule has 0 bridgehead atoms. The third-order valence-corrected chi connectivity index (χ3v) is 6.05. The molecule has 3 aromatic heterocycles. The van der Waals surface area contributed by atoms with E-state index in [4.69, 9.17) is 4.98 Å². The van der Waals surface area contributed by atoms with E-state index < -0.39 is 0 Å². The molecule has 27 heavy (non-hydrogen) atoms. The molecule has 1 aromatic carbocycles. The zero-order valence-corrected chi connectivity index (χ0v) is 16.0. The Kier molecular flexibility index (Phi) is 4.06. The maximum absolute atomic E-state index is 12.2. The summed E-state index contributed by atoms with van der Waals surface area (Å²) >= 11 is 1.50. The average Bonchev–Trinajstić information content (AvgIpc) is 3.28. The Morgan fingerprint density at radius 3 is 3.15 bits per heavy atom. The third kappa shape index (κ3) is 3.17. The molecule has 5 rings (SSSR count). The van der Waals surface area contributed by atoms with Crippen LogP contribution >= 0.6 is 11.3 Å². The van der Waals surface area contributed by atoms with Crippen LogP contribution in [0.15, 0.2) is 40.6 Å². The largest absolute Gasteiger partial charge is 0.342 e. The Balaban J connectivity index is 1.37. The number of thiazole rings is 1. The van der Waals surface area contributed by atoms with E-state index in [2.05, 4.69) is 40.0 Å². The number of likely N-dealkylation sites (tertiary alicyclic amines) is 1. The second-order valence-electron chi connectivity index (χ2n) is 7.36. The minimum Gasteiger partial charge on any atom is -0.342 e. The summed E-state index contributed by atoms with van der Waals surface area (Å²) in [7, 11) is 0. The minimum absolute atomic E-state index is 0.00235. The third-order valence-electron chi connectivity index (χ3n) is 5.29. The van der Waals surface area contributed by atoms with Crippen LogP contribution in [0.1, 0.15) is 35.8 Å². The predicted molar refractivity (Wildman–Crippen MR) is 107 cm³/mol. The molecule has 1 N–H and O–H groups in total. The highest BCUT2D eigenvalue weighted by atomic mass is 32.1. The van der Waals surface area contributed by atoms with Crippen molar-refractivity contribution in [2.24, 2.45) is 0 Å². The van der Waals surface area contributed by atoms with Gasteiger partial charge in [0.05, 0.1) is 16.7 Å². The van der Waals surface area contributed by atoms with Crippen LogP contribution in [0.25, 0.3) is 16.0 Å². The molecular weight excluding hydrogens is 358 g/mol. The molecule has 4 aromatic rings. The van der Waals surface area contributed by atoms with E-state index in [0.29, 0.717) is 12.5 Å². The summed E-state index contributed by atoms with van der Waals surface area (Å²) in [6.07, 6.45) is 4.04. The molecule has 0 aliphatic carbocycles. The molecule has 6 nitrogen and oxygen atoms in total. The van der Waals surface area contributed by atoms with Crippen LogP contribution in [0.2, 0.25) is 0 Å². The molecule has 1 aliphatic heterocycles.